The lowest BCUT2D eigenvalue weighted by atomic mass is 9.90. The normalized spacial score (nSPS) is 13.9. The highest BCUT2D eigenvalue weighted by molar-refractivity contribution is 5.88. The Kier molecular flexibility index (Phi) is 7.60. The second-order valence-electron chi connectivity index (χ2n) is 9.45. The first-order valence-electron chi connectivity index (χ1n) is 12.7. The predicted molar refractivity (Wildman–Crippen MR) is 148 cm³/mol. The zero-order valence-corrected chi connectivity index (χ0v) is 20.8. The second kappa shape index (κ2) is 11.6. The van der Waals surface area contributed by atoms with Gasteiger partial charge in [0.05, 0.1) is 5.92 Å². The average Bonchev–Trinajstić information content (AvgIpc) is 2.95. The Morgan fingerprint density at radius 2 is 1.43 bits per heavy atom. The van der Waals surface area contributed by atoms with Gasteiger partial charge in [0.15, 0.2) is 11.6 Å². The predicted octanol–water partition coefficient (Wildman–Crippen LogP) is 4.79. The molecular weight excluding hydrogens is 460 g/mol. The van der Waals surface area contributed by atoms with Crippen LogP contribution in [0.15, 0.2) is 97.3 Å². The molecule has 7 heteroatoms. The van der Waals surface area contributed by atoms with Crippen LogP contribution in [0.5, 0.6) is 0 Å². The number of benzene rings is 3. The summed E-state index contributed by atoms with van der Waals surface area (Å²) in [6.45, 7) is 1.77. The molecule has 1 fully saturated rings. The Bertz CT molecular complexity index is 1250. The maximum atomic E-state index is 13.3. The van der Waals surface area contributed by atoms with E-state index in [1.165, 1.54) is 11.9 Å². The first-order valence-corrected chi connectivity index (χ1v) is 12.7. The first kappa shape index (κ1) is 24.3. The summed E-state index contributed by atoms with van der Waals surface area (Å²) < 4.78 is 0. The number of aromatic nitrogens is 2. The highest BCUT2D eigenvalue weighted by Crippen LogP contribution is 2.31. The third kappa shape index (κ3) is 5.89. The number of nitrogens with two attached hydrogens (primary N) is 1. The van der Waals surface area contributed by atoms with Gasteiger partial charge in [-0.3, -0.25) is 15.6 Å². The Labute approximate surface area is 217 Å². The van der Waals surface area contributed by atoms with Gasteiger partial charge in [-0.25, -0.2) is 9.97 Å². The van der Waals surface area contributed by atoms with Crippen molar-refractivity contribution in [3.8, 4) is 0 Å². The molecule has 188 valence electrons. The lowest BCUT2D eigenvalue weighted by Gasteiger charge is -2.33. The number of carbonyl (C=O) groups excluding carboxylic acids is 1. The fourth-order valence-electron chi connectivity index (χ4n) is 5.01. The number of carbonyl (C=O) groups is 1. The van der Waals surface area contributed by atoms with E-state index in [-0.39, 0.29) is 5.91 Å². The summed E-state index contributed by atoms with van der Waals surface area (Å²) in [4.78, 5) is 24.3. The van der Waals surface area contributed by atoms with E-state index in [0.29, 0.717) is 23.2 Å². The number of rotatable bonds is 8. The smallest absolute Gasteiger partial charge is 0.250 e. The average molecular weight is 493 g/mol. The molecule has 1 aliphatic rings. The van der Waals surface area contributed by atoms with Crippen LogP contribution < -0.4 is 21.5 Å². The molecule has 4 aromatic rings. The Balaban J connectivity index is 1.24. The lowest BCUT2D eigenvalue weighted by Crippen LogP contribution is -2.37. The molecule has 0 spiro atoms. The number of nitrogens with zero attached hydrogens (tertiary/aromatic N) is 3. The van der Waals surface area contributed by atoms with E-state index in [1.54, 1.807) is 0 Å². The summed E-state index contributed by atoms with van der Waals surface area (Å²) in [5, 5.41) is 0. The van der Waals surface area contributed by atoms with Crippen molar-refractivity contribution < 1.29 is 4.79 Å². The highest BCUT2D eigenvalue weighted by Gasteiger charge is 2.25. The minimum atomic E-state index is -0.471. The minimum absolute atomic E-state index is 0.196. The van der Waals surface area contributed by atoms with Crippen molar-refractivity contribution in [2.45, 2.75) is 25.2 Å². The second-order valence-corrected chi connectivity index (χ2v) is 9.45. The number of piperidine rings is 1. The van der Waals surface area contributed by atoms with Gasteiger partial charge in [0, 0.05) is 13.1 Å². The van der Waals surface area contributed by atoms with Gasteiger partial charge in [0.1, 0.15) is 12.0 Å². The molecule has 1 saturated heterocycles. The molecule has 37 heavy (non-hydrogen) atoms. The Morgan fingerprint density at radius 1 is 0.865 bits per heavy atom. The molecule has 7 nitrogen and oxygen atoms in total. The summed E-state index contributed by atoms with van der Waals surface area (Å²) in [7, 11) is 0. The monoisotopic (exact) mass is 492 g/mol. The Hall–Kier alpha value is -4.39. The minimum Gasteiger partial charge on any atom is -0.393 e. The molecule has 1 aliphatic heterocycles. The number of hydrogen-bond donors (Lipinski definition) is 3. The van der Waals surface area contributed by atoms with E-state index in [9.17, 15) is 4.79 Å². The van der Waals surface area contributed by atoms with Crippen LogP contribution in [0, 0.1) is 5.92 Å². The highest BCUT2D eigenvalue weighted by atomic mass is 16.2. The van der Waals surface area contributed by atoms with E-state index in [1.807, 2.05) is 60.7 Å². The van der Waals surface area contributed by atoms with Crippen LogP contribution in [0.2, 0.25) is 0 Å². The topological polar surface area (TPSA) is 96.2 Å². The van der Waals surface area contributed by atoms with Crippen molar-refractivity contribution in [3.63, 3.8) is 0 Å². The van der Waals surface area contributed by atoms with E-state index in [0.717, 1.165) is 43.5 Å². The van der Waals surface area contributed by atoms with Gasteiger partial charge in [-0.05, 0) is 41.9 Å². The fraction of sp³-hybridized carbons (Fsp3) is 0.233. The van der Waals surface area contributed by atoms with E-state index < -0.39 is 5.92 Å². The number of hydrogen-bond acceptors (Lipinski definition) is 6. The molecule has 0 saturated carbocycles. The van der Waals surface area contributed by atoms with Gasteiger partial charge in [-0.1, -0.05) is 91.0 Å². The van der Waals surface area contributed by atoms with Crippen LogP contribution in [-0.2, 0) is 11.2 Å². The van der Waals surface area contributed by atoms with Gasteiger partial charge >= 0.3 is 0 Å². The molecule has 0 unspecified atom stereocenters. The number of hydrazine groups is 1. The first-order chi connectivity index (χ1) is 18.2. The van der Waals surface area contributed by atoms with Gasteiger partial charge in [-0.15, -0.1) is 0 Å². The maximum absolute atomic E-state index is 13.3. The van der Waals surface area contributed by atoms with Gasteiger partial charge < -0.3 is 10.6 Å². The van der Waals surface area contributed by atoms with Gasteiger partial charge in [0.2, 0.25) is 5.91 Å². The molecule has 0 radical (unpaired) electrons. The molecule has 2 heterocycles. The largest absolute Gasteiger partial charge is 0.393 e. The SMILES string of the molecule is Nc1c(NNC(=O)C(c2ccccc2)c2ccccc2)ncnc1N1CCC(Cc2ccccc2)CC1. The molecule has 0 atom stereocenters. The zero-order valence-electron chi connectivity index (χ0n) is 20.8. The number of nitrogens with one attached hydrogen (secondary N) is 2. The molecule has 5 rings (SSSR count). The Morgan fingerprint density at radius 3 is 2.03 bits per heavy atom. The molecule has 0 bridgehead atoms. The lowest BCUT2D eigenvalue weighted by molar-refractivity contribution is -0.121. The van der Waals surface area contributed by atoms with Crippen LogP contribution in [-0.4, -0.2) is 29.0 Å². The van der Waals surface area contributed by atoms with Crippen LogP contribution in [0.1, 0.15) is 35.4 Å². The number of anilines is 3. The van der Waals surface area contributed by atoms with Crippen LogP contribution in [0.4, 0.5) is 17.3 Å². The zero-order chi connectivity index (χ0) is 25.5. The number of amides is 1. The van der Waals surface area contributed by atoms with Crippen molar-refractivity contribution in [3.05, 3.63) is 114 Å². The third-order valence-corrected chi connectivity index (χ3v) is 6.98. The van der Waals surface area contributed by atoms with Gasteiger partial charge in [-0.2, -0.15) is 0 Å². The third-order valence-electron chi connectivity index (χ3n) is 6.98. The summed E-state index contributed by atoms with van der Waals surface area (Å²) in [6, 6.07) is 30.1. The molecule has 4 N–H and O–H groups in total. The van der Waals surface area contributed by atoms with Crippen molar-refractivity contribution in [2.75, 3.05) is 29.1 Å². The summed E-state index contributed by atoms with van der Waals surface area (Å²) in [5.74, 6) is 1.07. The molecule has 1 amide bonds. The molecule has 3 aromatic carbocycles. The van der Waals surface area contributed by atoms with Crippen molar-refractivity contribution in [2.24, 2.45) is 5.92 Å². The van der Waals surface area contributed by atoms with Crippen molar-refractivity contribution >= 4 is 23.2 Å². The standard InChI is InChI=1S/C30H32N6O/c31-27-28(34-35-30(37)26(24-12-6-2-7-13-24)25-14-8-3-9-15-25)32-21-33-29(27)36-18-16-23(17-19-36)20-22-10-4-1-5-11-22/h1-15,21,23,26H,16-20,31H2,(H,35,37)(H,32,33,34). The molecule has 1 aromatic heterocycles. The van der Waals surface area contributed by atoms with E-state index in [4.69, 9.17) is 5.73 Å². The van der Waals surface area contributed by atoms with Crippen LogP contribution >= 0.6 is 0 Å². The van der Waals surface area contributed by atoms with Gasteiger partial charge in [0.25, 0.3) is 0 Å². The van der Waals surface area contributed by atoms with Crippen LogP contribution in [0.25, 0.3) is 0 Å². The molecular formula is C30H32N6O. The summed E-state index contributed by atoms with van der Waals surface area (Å²) in [5.41, 5.74) is 15.9. The number of nitrogen functional groups attached to an aromatic ring is 1. The quantitative estimate of drug-likeness (QED) is 0.306. The van der Waals surface area contributed by atoms with Crippen molar-refractivity contribution in [1.29, 1.82) is 0 Å². The van der Waals surface area contributed by atoms with Crippen LogP contribution in [0.3, 0.4) is 0 Å². The summed E-state index contributed by atoms with van der Waals surface area (Å²) >= 11 is 0. The summed E-state index contributed by atoms with van der Waals surface area (Å²) in [6.07, 6.45) is 4.74. The molecule has 0 aliphatic carbocycles. The fourth-order valence-corrected chi connectivity index (χ4v) is 5.01. The maximum Gasteiger partial charge on any atom is 0.250 e. The van der Waals surface area contributed by atoms with E-state index in [2.05, 4.69) is 56.1 Å². The van der Waals surface area contributed by atoms with Crippen molar-refractivity contribution in [1.82, 2.24) is 15.4 Å². The van der Waals surface area contributed by atoms with E-state index >= 15 is 0 Å².